The summed E-state index contributed by atoms with van der Waals surface area (Å²) in [6, 6.07) is 0. The molecule has 0 fully saturated rings. The molecular formula is C5H14N4. The van der Waals surface area contributed by atoms with E-state index in [1.807, 2.05) is 19.0 Å². The lowest BCUT2D eigenvalue weighted by Gasteiger charge is -2.11. The number of hydrogen-bond acceptors (Lipinski definition) is 4. The largest absolute Gasteiger partial charge is 0.403 e. The molecule has 0 heterocycles. The molecule has 4 heteroatoms. The highest BCUT2D eigenvalue weighted by atomic mass is 15.2. The second kappa shape index (κ2) is 4.17. The standard InChI is InChI=1S/C5H14N4/c1-9(2)4-5(3-6)8-7/h3,8H,4,6-7H2,1-2H3/b5-3-. The molecule has 0 radical (unpaired) electrons. The summed E-state index contributed by atoms with van der Waals surface area (Å²) >= 11 is 0. The topological polar surface area (TPSA) is 67.3 Å². The first-order valence-electron chi connectivity index (χ1n) is 2.72. The van der Waals surface area contributed by atoms with Crippen LogP contribution >= 0.6 is 0 Å². The number of nitrogens with two attached hydrogens (primary N) is 2. The Morgan fingerprint density at radius 1 is 1.67 bits per heavy atom. The molecule has 0 aliphatic carbocycles. The summed E-state index contributed by atoms with van der Waals surface area (Å²) in [7, 11) is 3.89. The van der Waals surface area contributed by atoms with E-state index in [0.717, 1.165) is 12.2 Å². The quantitative estimate of drug-likeness (QED) is 0.332. The van der Waals surface area contributed by atoms with Crippen LogP contribution < -0.4 is 17.0 Å². The van der Waals surface area contributed by atoms with Crippen molar-refractivity contribution in [3.63, 3.8) is 0 Å². The number of hydrogen-bond donors (Lipinski definition) is 3. The van der Waals surface area contributed by atoms with E-state index >= 15 is 0 Å². The second-order valence-electron chi connectivity index (χ2n) is 2.07. The lowest BCUT2D eigenvalue weighted by Crippen LogP contribution is -2.29. The summed E-state index contributed by atoms with van der Waals surface area (Å²) in [4.78, 5) is 1.97. The van der Waals surface area contributed by atoms with Crippen LogP contribution in [-0.4, -0.2) is 25.5 Å². The molecule has 0 aliphatic rings. The maximum absolute atomic E-state index is 5.20. The molecule has 0 saturated carbocycles. The summed E-state index contributed by atoms with van der Waals surface area (Å²) in [5, 5.41) is 0. The van der Waals surface area contributed by atoms with Crippen LogP contribution in [0.3, 0.4) is 0 Å². The smallest absolute Gasteiger partial charge is 0.0553 e. The van der Waals surface area contributed by atoms with Crippen molar-refractivity contribution in [2.45, 2.75) is 0 Å². The normalized spacial score (nSPS) is 12.2. The Morgan fingerprint density at radius 3 is 2.33 bits per heavy atom. The highest BCUT2D eigenvalue weighted by Crippen LogP contribution is 1.84. The highest BCUT2D eigenvalue weighted by molar-refractivity contribution is 4.96. The third kappa shape index (κ3) is 3.81. The fraction of sp³-hybridized carbons (Fsp3) is 0.600. The van der Waals surface area contributed by atoms with Crippen LogP contribution in [0.15, 0.2) is 11.9 Å². The van der Waals surface area contributed by atoms with Gasteiger partial charge in [0.15, 0.2) is 0 Å². The third-order valence-electron chi connectivity index (χ3n) is 0.873. The Hall–Kier alpha value is -0.740. The number of nitrogens with one attached hydrogen (secondary N) is 1. The maximum atomic E-state index is 5.20. The predicted molar refractivity (Wildman–Crippen MR) is 38.1 cm³/mol. The summed E-state index contributed by atoms with van der Waals surface area (Å²) in [6.45, 7) is 0.743. The van der Waals surface area contributed by atoms with Crippen LogP contribution in [0.5, 0.6) is 0 Å². The summed E-state index contributed by atoms with van der Waals surface area (Å²) in [5.41, 5.74) is 8.50. The molecule has 4 nitrogen and oxygen atoms in total. The molecule has 0 unspecified atom stereocenters. The van der Waals surface area contributed by atoms with Crippen molar-refractivity contribution in [3.8, 4) is 0 Å². The number of rotatable bonds is 3. The first-order chi connectivity index (χ1) is 4.20. The first-order valence-corrected chi connectivity index (χ1v) is 2.72. The van der Waals surface area contributed by atoms with Crippen LogP contribution in [0.4, 0.5) is 0 Å². The van der Waals surface area contributed by atoms with Crippen molar-refractivity contribution in [1.29, 1.82) is 0 Å². The van der Waals surface area contributed by atoms with E-state index in [-0.39, 0.29) is 0 Å². The van der Waals surface area contributed by atoms with E-state index in [1.165, 1.54) is 6.20 Å². The van der Waals surface area contributed by atoms with Crippen LogP contribution in [0, 0.1) is 0 Å². The van der Waals surface area contributed by atoms with Gasteiger partial charge in [0, 0.05) is 12.7 Å². The fourth-order valence-corrected chi connectivity index (χ4v) is 0.487. The summed E-state index contributed by atoms with van der Waals surface area (Å²) in [5.74, 6) is 5.11. The van der Waals surface area contributed by atoms with Gasteiger partial charge in [-0.1, -0.05) is 0 Å². The van der Waals surface area contributed by atoms with E-state index < -0.39 is 0 Å². The zero-order chi connectivity index (χ0) is 7.28. The van der Waals surface area contributed by atoms with Crippen molar-refractivity contribution in [3.05, 3.63) is 11.9 Å². The fourth-order valence-electron chi connectivity index (χ4n) is 0.487. The second-order valence-corrected chi connectivity index (χ2v) is 2.07. The molecule has 0 bridgehead atoms. The van der Waals surface area contributed by atoms with Gasteiger partial charge < -0.3 is 16.1 Å². The van der Waals surface area contributed by atoms with E-state index in [4.69, 9.17) is 11.6 Å². The van der Waals surface area contributed by atoms with Gasteiger partial charge in [0.25, 0.3) is 0 Å². The van der Waals surface area contributed by atoms with E-state index in [2.05, 4.69) is 5.43 Å². The highest BCUT2D eigenvalue weighted by Gasteiger charge is 1.92. The minimum absolute atomic E-state index is 0.743. The van der Waals surface area contributed by atoms with Crippen LogP contribution in [-0.2, 0) is 0 Å². The lowest BCUT2D eigenvalue weighted by atomic mass is 10.4. The average Bonchev–Trinajstić information content (AvgIpc) is 1.82. The van der Waals surface area contributed by atoms with Crippen LogP contribution in [0.25, 0.3) is 0 Å². The molecule has 0 aliphatic heterocycles. The Balaban J connectivity index is 3.58. The molecule has 0 amide bonds. The van der Waals surface area contributed by atoms with Crippen molar-refractivity contribution in [2.24, 2.45) is 11.6 Å². The lowest BCUT2D eigenvalue weighted by molar-refractivity contribution is 0.433. The van der Waals surface area contributed by atoms with E-state index in [1.54, 1.807) is 0 Å². The monoisotopic (exact) mass is 130 g/mol. The summed E-state index contributed by atoms with van der Waals surface area (Å²) < 4.78 is 0. The molecule has 0 aromatic heterocycles. The Kier molecular flexibility index (Phi) is 3.83. The average molecular weight is 130 g/mol. The maximum Gasteiger partial charge on any atom is 0.0553 e. The van der Waals surface area contributed by atoms with Gasteiger partial charge in [-0.3, -0.25) is 5.84 Å². The van der Waals surface area contributed by atoms with E-state index in [9.17, 15) is 0 Å². The predicted octanol–water partition coefficient (Wildman–Crippen LogP) is -1.19. The Morgan fingerprint density at radius 2 is 2.22 bits per heavy atom. The number of hydrazine groups is 1. The molecule has 9 heavy (non-hydrogen) atoms. The Labute approximate surface area is 55.5 Å². The zero-order valence-electron chi connectivity index (χ0n) is 5.89. The molecule has 0 aromatic rings. The first kappa shape index (κ1) is 8.26. The summed E-state index contributed by atoms with van der Waals surface area (Å²) in [6.07, 6.45) is 1.46. The minimum Gasteiger partial charge on any atom is -0.403 e. The van der Waals surface area contributed by atoms with Gasteiger partial charge in [0.05, 0.1) is 5.70 Å². The van der Waals surface area contributed by atoms with Crippen LogP contribution in [0.2, 0.25) is 0 Å². The van der Waals surface area contributed by atoms with Crippen molar-refractivity contribution in [2.75, 3.05) is 20.6 Å². The molecule has 0 atom stereocenters. The Bertz CT molecular complexity index is 97.1. The molecule has 0 aromatic carbocycles. The van der Waals surface area contributed by atoms with E-state index in [0.29, 0.717) is 0 Å². The third-order valence-corrected chi connectivity index (χ3v) is 0.873. The molecule has 54 valence electrons. The van der Waals surface area contributed by atoms with Gasteiger partial charge in [-0.15, -0.1) is 0 Å². The number of nitrogens with zero attached hydrogens (tertiary/aromatic N) is 1. The minimum atomic E-state index is 0.743. The molecule has 0 saturated heterocycles. The molecule has 0 rings (SSSR count). The SMILES string of the molecule is CN(C)C/C(=C/N)NN. The van der Waals surface area contributed by atoms with Crippen molar-refractivity contribution >= 4 is 0 Å². The van der Waals surface area contributed by atoms with Gasteiger partial charge in [-0.05, 0) is 14.1 Å². The van der Waals surface area contributed by atoms with Gasteiger partial charge in [-0.2, -0.15) is 0 Å². The molecule has 0 spiro atoms. The van der Waals surface area contributed by atoms with Gasteiger partial charge in [-0.25, -0.2) is 0 Å². The van der Waals surface area contributed by atoms with Crippen molar-refractivity contribution < 1.29 is 0 Å². The molecule has 5 N–H and O–H groups in total. The molecular weight excluding hydrogens is 116 g/mol. The van der Waals surface area contributed by atoms with Gasteiger partial charge in [0.2, 0.25) is 0 Å². The van der Waals surface area contributed by atoms with Gasteiger partial charge >= 0.3 is 0 Å². The van der Waals surface area contributed by atoms with Crippen LogP contribution in [0.1, 0.15) is 0 Å². The number of likely N-dealkylation sites (N-methyl/N-ethyl adjacent to an activating group) is 1. The van der Waals surface area contributed by atoms with Crippen molar-refractivity contribution in [1.82, 2.24) is 10.3 Å². The zero-order valence-corrected chi connectivity index (χ0v) is 5.89. The van der Waals surface area contributed by atoms with Gasteiger partial charge in [0.1, 0.15) is 0 Å².